The van der Waals surface area contributed by atoms with Gasteiger partial charge in [-0.3, -0.25) is 14.7 Å². The summed E-state index contributed by atoms with van der Waals surface area (Å²) in [4.78, 5) is 19.4. The third-order valence-corrected chi connectivity index (χ3v) is 5.47. The van der Waals surface area contributed by atoms with Crippen LogP contribution in [0.5, 0.6) is 0 Å². The lowest BCUT2D eigenvalue weighted by molar-refractivity contribution is 0.0834. The van der Waals surface area contributed by atoms with Crippen LogP contribution in [0, 0.1) is 17.6 Å². The minimum absolute atomic E-state index is 0.0183. The number of pyridine rings is 1. The molecule has 3 aromatic rings. The SMILES string of the molecule is O=C(c1ccc(F)cc1)C1CCN(Cc2cc(-c3ccc(F)cc3)ccn2)CC1. The molecule has 1 aliphatic heterocycles. The molecule has 0 aliphatic carbocycles. The van der Waals surface area contributed by atoms with Crippen LogP contribution in [0.25, 0.3) is 11.1 Å². The molecule has 3 nitrogen and oxygen atoms in total. The molecule has 0 spiro atoms. The van der Waals surface area contributed by atoms with E-state index >= 15 is 0 Å². The van der Waals surface area contributed by atoms with Crippen LogP contribution in [-0.4, -0.2) is 28.8 Å². The van der Waals surface area contributed by atoms with E-state index in [9.17, 15) is 13.6 Å². The summed E-state index contributed by atoms with van der Waals surface area (Å²) >= 11 is 0. The van der Waals surface area contributed by atoms with Crippen molar-refractivity contribution < 1.29 is 13.6 Å². The summed E-state index contributed by atoms with van der Waals surface area (Å²) in [6.45, 7) is 2.35. The monoisotopic (exact) mass is 392 g/mol. The van der Waals surface area contributed by atoms with E-state index in [0.717, 1.165) is 42.8 Å². The molecule has 148 valence electrons. The van der Waals surface area contributed by atoms with Gasteiger partial charge in [-0.25, -0.2) is 8.78 Å². The molecule has 0 radical (unpaired) electrons. The van der Waals surface area contributed by atoms with Crippen LogP contribution in [0.3, 0.4) is 0 Å². The molecule has 2 heterocycles. The number of likely N-dealkylation sites (tertiary alicyclic amines) is 1. The molecular weight excluding hydrogens is 370 g/mol. The number of rotatable bonds is 5. The van der Waals surface area contributed by atoms with Gasteiger partial charge in [0.2, 0.25) is 0 Å². The van der Waals surface area contributed by atoms with Gasteiger partial charge in [-0.05, 0) is 85.6 Å². The van der Waals surface area contributed by atoms with E-state index in [2.05, 4.69) is 9.88 Å². The normalized spacial score (nSPS) is 15.4. The molecule has 1 aliphatic rings. The number of hydrogen-bond acceptors (Lipinski definition) is 3. The van der Waals surface area contributed by atoms with Crippen LogP contribution < -0.4 is 0 Å². The zero-order chi connectivity index (χ0) is 20.2. The Morgan fingerprint density at radius 3 is 2.17 bits per heavy atom. The maximum Gasteiger partial charge on any atom is 0.166 e. The molecule has 1 fully saturated rings. The van der Waals surface area contributed by atoms with Crippen LogP contribution in [0.4, 0.5) is 8.78 Å². The second-order valence-electron chi connectivity index (χ2n) is 7.46. The maximum absolute atomic E-state index is 13.1. The molecule has 0 bridgehead atoms. The van der Waals surface area contributed by atoms with Crippen molar-refractivity contribution in [2.45, 2.75) is 19.4 Å². The number of halogens is 2. The Kier molecular flexibility index (Phi) is 5.76. The van der Waals surface area contributed by atoms with E-state index < -0.39 is 0 Å². The van der Waals surface area contributed by atoms with Crippen LogP contribution >= 0.6 is 0 Å². The van der Waals surface area contributed by atoms with Crippen molar-refractivity contribution in [3.8, 4) is 11.1 Å². The molecule has 1 saturated heterocycles. The molecule has 0 unspecified atom stereocenters. The third kappa shape index (κ3) is 4.74. The Labute approximate surface area is 169 Å². The van der Waals surface area contributed by atoms with E-state index in [1.807, 2.05) is 12.1 Å². The molecule has 0 N–H and O–H groups in total. The largest absolute Gasteiger partial charge is 0.297 e. The summed E-state index contributed by atoms with van der Waals surface area (Å²) in [5.74, 6) is -0.496. The van der Waals surface area contributed by atoms with E-state index in [4.69, 9.17) is 0 Å². The van der Waals surface area contributed by atoms with Gasteiger partial charge in [-0.1, -0.05) is 12.1 Å². The first kappa shape index (κ1) is 19.4. The second kappa shape index (κ2) is 8.62. The van der Waals surface area contributed by atoms with Gasteiger partial charge in [0.05, 0.1) is 5.69 Å². The highest BCUT2D eigenvalue weighted by atomic mass is 19.1. The van der Waals surface area contributed by atoms with Crippen molar-refractivity contribution in [2.75, 3.05) is 13.1 Å². The van der Waals surface area contributed by atoms with E-state index in [1.54, 1.807) is 30.5 Å². The van der Waals surface area contributed by atoms with Crippen molar-refractivity contribution in [2.24, 2.45) is 5.92 Å². The van der Waals surface area contributed by atoms with Crippen LogP contribution in [0.2, 0.25) is 0 Å². The number of nitrogens with zero attached hydrogens (tertiary/aromatic N) is 2. The van der Waals surface area contributed by atoms with E-state index in [1.165, 1.54) is 24.3 Å². The number of ketones is 1. The first-order valence-electron chi connectivity index (χ1n) is 9.81. The molecule has 4 rings (SSSR count). The summed E-state index contributed by atoms with van der Waals surface area (Å²) in [7, 11) is 0. The fourth-order valence-electron chi connectivity index (χ4n) is 3.82. The number of benzene rings is 2. The van der Waals surface area contributed by atoms with Gasteiger partial charge in [0.1, 0.15) is 11.6 Å². The lowest BCUT2D eigenvalue weighted by Crippen LogP contribution is -2.36. The third-order valence-electron chi connectivity index (χ3n) is 5.47. The smallest absolute Gasteiger partial charge is 0.166 e. The van der Waals surface area contributed by atoms with Crippen molar-refractivity contribution in [3.05, 3.63) is 89.8 Å². The Bertz CT molecular complexity index is 979. The van der Waals surface area contributed by atoms with Gasteiger partial charge >= 0.3 is 0 Å². The van der Waals surface area contributed by atoms with Crippen molar-refractivity contribution in [1.29, 1.82) is 0 Å². The Morgan fingerprint density at radius 1 is 0.897 bits per heavy atom. The predicted octanol–water partition coefficient (Wildman–Crippen LogP) is 5.12. The minimum atomic E-state index is -0.327. The fraction of sp³-hybridized carbons (Fsp3) is 0.250. The average Bonchev–Trinajstić information content (AvgIpc) is 2.75. The average molecular weight is 392 g/mol. The number of aromatic nitrogens is 1. The molecule has 5 heteroatoms. The molecule has 29 heavy (non-hydrogen) atoms. The number of carbonyl (C=O) groups is 1. The van der Waals surface area contributed by atoms with Gasteiger partial charge in [-0.2, -0.15) is 0 Å². The standard InChI is InChI=1S/C24H22F2N2O/c25-21-5-1-17(2-6-21)20-9-12-27-23(15-20)16-28-13-10-19(11-14-28)24(29)18-3-7-22(26)8-4-18/h1-9,12,15,19H,10-11,13-14,16H2. The summed E-state index contributed by atoms with van der Waals surface area (Å²) in [5, 5.41) is 0. The summed E-state index contributed by atoms with van der Waals surface area (Å²) in [6.07, 6.45) is 3.35. The highest BCUT2D eigenvalue weighted by Crippen LogP contribution is 2.24. The highest BCUT2D eigenvalue weighted by molar-refractivity contribution is 5.97. The number of hydrogen-bond donors (Lipinski definition) is 0. The van der Waals surface area contributed by atoms with Crippen LogP contribution in [-0.2, 0) is 6.54 Å². The fourth-order valence-corrected chi connectivity index (χ4v) is 3.82. The summed E-state index contributed by atoms with van der Waals surface area (Å²) < 4.78 is 26.2. The Hall–Kier alpha value is -2.92. The second-order valence-corrected chi connectivity index (χ2v) is 7.46. The molecule has 0 atom stereocenters. The van der Waals surface area contributed by atoms with Gasteiger partial charge in [0, 0.05) is 24.2 Å². The maximum atomic E-state index is 13.1. The number of carbonyl (C=O) groups excluding carboxylic acids is 1. The van der Waals surface area contributed by atoms with Crippen molar-refractivity contribution in [1.82, 2.24) is 9.88 Å². The summed E-state index contributed by atoms with van der Waals surface area (Å²) in [5.41, 5.74) is 3.50. The topological polar surface area (TPSA) is 33.2 Å². The zero-order valence-electron chi connectivity index (χ0n) is 16.0. The highest BCUT2D eigenvalue weighted by Gasteiger charge is 2.26. The quantitative estimate of drug-likeness (QED) is 0.565. The summed E-state index contributed by atoms with van der Waals surface area (Å²) in [6, 6.07) is 16.2. The van der Waals surface area contributed by atoms with Gasteiger partial charge < -0.3 is 0 Å². The molecule has 2 aromatic carbocycles. The zero-order valence-corrected chi connectivity index (χ0v) is 16.0. The molecule has 0 amide bonds. The van der Waals surface area contributed by atoms with E-state index in [0.29, 0.717) is 12.1 Å². The van der Waals surface area contributed by atoms with Crippen molar-refractivity contribution >= 4 is 5.78 Å². The molecule has 1 aromatic heterocycles. The Morgan fingerprint density at radius 2 is 1.52 bits per heavy atom. The first-order valence-corrected chi connectivity index (χ1v) is 9.81. The van der Waals surface area contributed by atoms with Crippen LogP contribution in [0.15, 0.2) is 66.9 Å². The van der Waals surface area contributed by atoms with Gasteiger partial charge in [0.25, 0.3) is 0 Å². The predicted molar refractivity (Wildman–Crippen MR) is 108 cm³/mol. The number of piperidine rings is 1. The lowest BCUT2D eigenvalue weighted by atomic mass is 9.89. The Balaban J connectivity index is 1.36. The van der Waals surface area contributed by atoms with Gasteiger partial charge in [-0.15, -0.1) is 0 Å². The minimum Gasteiger partial charge on any atom is -0.297 e. The lowest BCUT2D eigenvalue weighted by Gasteiger charge is -2.31. The molecular formula is C24H22F2N2O. The van der Waals surface area contributed by atoms with E-state index in [-0.39, 0.29) is 23.3 Å². The molecule has 0 saturated carbocycles. The van der Waals surface area contributed by atoms with Gasteiger partial charge in [0.15, 0.2) is 5.78 Å². The number of Topliss-reactive ketones (excluding diaryl/α,β-unsaturated/α-hetero) is 1. The van der Waals surface area contributed by atoms with Crippen molar-refractivity contribution in [3.63, 3.8) is 0 Å². The van der Waals surface area contributed by atoms with Crippen LogP contribution in [0.1, 0.15) is 28.9 Å². The first-order chi connectivity index (χ1) is 14.1.